The maximum Gasteiger partial charge on any atom is 0.350 e. The predicted molar refractivity (Wildman–Crippen MR) is 73.9 cm³/mol. The summed E-state index contributed by atoms with van der Waals surface area (Å²) in [5.74, 6) is 0.768. The number of anilines is 1. The monoisotopic (exact) mass is 296 g/mol. The summed E-state index contributed by atoms with van der Waals surface area (Å²) in [5.41, 5.74) is 0.666. The largest absolute Gasteiger partial charge is 0.462 e. The van der Waals surface area contributed by atoms with E-state index in [0.717, 1.165) is 0 Å². The molecule has 0 fully saturated rings. The summed E-state index contributed by atoms with van der Waals surface area (Å²) in [7, 11) is 1.86. The SMILES string of the molecule is CCOC(=O)c1sc(N(C)Cc2noc(C)n2)nc1C. The maximum absolute atomic E-state index is 11.8. The molecule has 108 valence electrons. The number of carbonyl (C=O) groups is 1. The second kappa shape index (κ2) is 6.00. The van der Waals surface area contributed by atoms with Crippen LogP contribution < -0.4 is 4.90 Å². The van der Waals surface area contributed by atoms with Gasteiger partial charge in [-0.05, 0) is 13.8 Å². The quantitative estimate of drug-likeness (QED) is 0.780. The molecule has 2 heterocycles. The van der Waals surface area contributed by atoms with E-state index in [9.17, 15) is 4.79 Å². The minimum absolute atomic E-state index is 0.336. The van der Waals surface area contributed by atoms with E-state index in [0.29, 0.717) is 40.6 Å². The van der Waals surface area contributed by atoms with Gasteiger partial charge in [-0.15, -0.1) is 0 Å². The zero-order valence-corrected chi connectivity index (χ0v) is 12.7. The highest BCUT2D eigenvalue weighted by atomic mass is 32.1. The lowest BCUT2D eigenvalue weighted by molar-refractivity contribution is 0.0531. The minimum atomic E-state index is -0.336. The van der Waals surface area contributed by atoms with Crippen molar-refractivity contribution >= 4 is 22.4 Å². The van der Waals surface area contributed by atoms with Crippen LogP contribution in [0.4, 0.5) is 5.13 Å². The Morgan fingerprint density at radius 1 is 1.40 bits per heavy atom. The second-order valence-electron chi connectivity index (χ2n) is 4.22. The van der Waals surface area contributed by atoms with Crippen LogP contribution in [-0.2, 0) is 11.3 Å². The molecule has 7 nitrogen and oxygen atoms in total. The van der Waals surface area contributed by atoms with Gasteiger partial charge in [0.1, 0.15) is 4.88 Å². The molecule has 8 heteroatoms. The molecular weight excluding hydrogens is 280 g/mol. The van der Waals surface area contributed by atoms with Crippen LogP contribution in [0.3, 0.4) is 0 Å². The van der Waals surface area contributed by atoms with Gasteiger partial charge in [-0.1, -0.05) is 16.5 Å². The van der Waals surface area contributed by atoms with Crippen molar-refractivity contribution in [2.75, 3.05) is 18.6 Å². The molecule has 0 aliphatic heterocycles. The summed E-state index contributed by atoms with van der Waals surface area (Å²) in [6.07, 6.45) is 0. The summed E-state index contributed by atoms with van der Waals surface area (Å²) in [6, 6.07) is 0. The van der Waals surface area contributed by atoms with Gasteiger partial charge in [0.15, 0.2) is 11.0 Å². The molecule has 0 amide bonds. The first-order valence-corrected chi connectivity index (χ1v) is 6.97. The maximum atomic E-state index is 11.8. The molecule has 2 aromatic heterocycles. The van der Waals surface area contributed by atoms with E-state index >= 15 is 0 Å². The summed E-state index contributed by atoms with van der Waals surface area (Å²) in [6.45, 7) is 6.12. The van der Waals surface area contributed by atoms with Gasteiger partial charge in [0, 0.05) is 14.0 Å². The third kappa shape index (κ3) is 3.13. The lowest BCUT2D eigenvalue weighted by atomic mass is 10.4. The van der Waals surface area contributed by atoms with Crippen molar-refractivity contribution in [1.29, 1.82) is 0 Å². The van der Waals surface area contributed by atoms with Crippen LogP contribution in [0.5, 0.6) is 0 Å². The van der Waals surface area contributed by atoms with Crippen molar-refractivity contribution in [3.63, 3.8) is 0 Å². The van der Waals surface area contributed by atoms with Crippen molar-refractivity contribution in [3.05, 3.63) is 22.3 Å². The highest BCUT2D eigenvalue weighted by Crippen LogP contribution is 2.26. The summed E-state index contributed by atoms with van der Waals surface area (Å²) >= 11 is 1.30. The molecule has 0 atom stereocenters. The van der Waals surface area contributed by atoms with Crippen LogP contribution in [0.15, 0.2) is 4.52 Å². The molecular formula is C12H16N4O3S. The fourth-order valence-electron chi connectivity index (χ4n) is 1.62. The first kappa shape index (κ1) is 14.4. The smallest absolute Gasteiger partial charge is 0.350 e. The standard InChI is InChI=1S/C12H16N4O3S/c1-5-18-11(17)10-7(2)13-12(20-10)16(4)6-9-14-8(3)19-15-9/h5-6H2,1-4H3. The van der Waals surface area contributed by atoms with Crippen molar-refractivity contribution in [1.82, 2.24) is 15.1 Å². The zero-order chi connectivity index (χ0) is 14.7. The highest BCUT2D eigenvalue weighted by molar-refractivity contribution is 7.17. The summed E-state index contributed by atoms with van der Waals surface area (Å²) in [5, 5.41) is 4.55. The molecule has 0 aliphatic carbocycles. The number of aryl methyl sites for hydroxylation is 2. The van der Waals surface area contributed by atoms with Crippen LogP contribution in [0.25, 0.3) is 0 Å². The molecule has 2 rings (SSSR count). The summed E-state index contributed by atoms with van der Waals surface area (Å²) in [4.78, 5) is 22.7. The fourth-order valence-corrected chi connectivity index (χ4v) is 2.54. The normalized spacial score (nSPS) is 10.6. The number of esters is 1. The van der Waals surface area contributed by atoms with E-state index in [4.69, 9.17) is 9.26 Å². The number of ether oxygens (including phenoxy) is 1. The molecule has 0 bridgehead atoms. The van der Waals surface area contributed by atoms with E-state index in [1.165, 1.54) is 11.3 Å². The number of carbonyl (C=O) groups excluding carboxylic acids is 1. The van der Waals surface area contributed by atoms with Gasteiger partial charge in [-0.25, -0.2) is 9.78 Å². The van der Waals surface area contributed by atoms with Gasteiger partial charge in [0.2, 0.25) is 5.89 Å². The summed E-state index contributed by atoms with van der Waals surface area (Å²) < 4.78 is 9.92. The highest BCUT2D eigenvalue weighted by Gasteiger charge is 2.19. The molecule has 0 radical (unpaired) electrons. The topological polar surface area (TPSA) is 81.4 Å². The Morgan fingerprint density at radius 2 is 2.15 bits per heavy atom. The number of aromatic nitrogens is 3. The zero-order valence-electron chi connectivity index (χ0n) is 11.8. The Morgan fingerprint density at radius 3 is 2.75 bits per heavy atom. The van der Waals surface area contributed by atoms with Gasteiger partial charge < -0.3 is 14.2 Å². The van der Waals surface area contributed by atoms with Gasteiger partial charge in [-0.3, -0.25) is 0 Å². The number of hydrogen-bond acceptors (Lipinski definition) is 8. The van der Waals surface area contributed by atoms with Crippen LogP contribution in [-0.4, -0.2) is 34.7 Å². The molecule has 20 heavy (non-hydrogen) atoms. The Labute approximate surface area is 120 Å². The van der Waals surface area contributed by atoms with Gasteiger partial charge >= 0.3 is 5.97 Å². The van der Waals surface area contributed by atoms with E-state index in [2.05, 4.69) is 15.1 Å². The molecule has 0 N–H and O–H groups in total. The average Bonchev–Trinajstić information content (AvgIpc) is 2.96. The van der Waals surface area contributed by atoms with Gasteiger partial charge in [0.05, 0.1) is 18.8 Å². The van der Waals surface area contributed by atoms with Crippen LogP contribution in [0.1, 0.15) is 34.0 Å². The Hall–Kier alpha value is -1.96. The molecule has 0 spiro atoms. The molecule has 0 saturated heterocycles. The lowest BCUT2D eigenvalue weighted by Gasteiger charge is -2.12. The second-order valence-corrected chi connectivity index (χ2v) is 5.19. The number of nitrogens with zero attached hydrogens (tertiary/aromatic N) is 4. The molecule has 0 unspecified atom stereocenters. The van der Waals surface area contributed by atoms with Crippen LogP contribution in [0.2, 0.25) is 0 Å². The van der Waals surface area contributed by atoms with Crippen molar-refractivity contribution in [3.8, 4) is 0 Å². The molecule has 0 aliphatic rings. The van der Waals surface area contributed by atoms with E-state index in [-0.39, 0.29) is 5.97 Å². The van der Waals surface area contributed by atoms with E-state index < -0.39 is 0 Å². The number of thiazole rings is 1. The molecule has 2 aromatic rings. The predicted octanol–water partition coefficient (Wildman–Crippen LogP) is 1.96. The minimum Gasteiger partial charge on any atom is -0.462 e. The Balaban J connectivity index is 2.12. The van der Waals surface area contributed by atoms with Crippen molar-refractivity contribution < 1.29 is 14.1 Å². The molecule has 0 saturated carbocycles. The number of hydrogen-bond donors (Lipinski definition) is 0. The van der Waals surface area contributed by atoms with Gasteiger partial charge in [0.25, 0.3) is 0 Å². The first-order chi connectivity index (χ1) is 9.51. The van der Waals surface area contributed by atoms with Crippen molar-refractivity contribution in [2.24, 2.45) is 0 Å². The third-order valence-corrected chi connectivity index (χ3v) is 3.77. The third-order valence-electron chi connectivity index (χ3n) is 2.52. The van der Waals surface area contributed by atoms with Gasteiger partial charge in [-0.2, -0.15) is 4.98 Å². The lowest BCUT2D eigenvalue weighted by Crippen LogP contribution is -2.17. The van der Waals surface area contributed by atoms with Crippen LogP contribution >= 0.6 is 11.3 Å². The fraction of sp³-hybridized carbons (Fsp3) is 0.500. The average molecular weight is 296 g/mol. The van der Waals surface area contributed by atoms with Crippen LogP contribution in [0, 0.1) is 13.8 Å². The Bertz CT molecular complexity index is 608. The van der Waals surface area contributed by atoms with Crippen molar-refractivity contribution in [2.45, 2.75) is 27.3 Å². The number of rotatable bonds is 5. The first-order valence-electron chi connectivity index (χ1n) is 6.16. The van der Waals surface area contributed by atoms with E-state index in [1.54, 1.807) is 20.8 Å². The Kier molecular flexibility index (Phi) is 4.33. The van der Waals surface area contributed by atoms with E-state index in [1.807, 2.05) is 11.9 Å². The molecule has 0 aromatic carbocycles.